The van der Waals surface area contributed by atoms with Crippen LogP contribution < -0.4 is 0 Å². The summed E-state index contributed by atoms with van der Waals surface area (Å²) in [7, 11) is 0. The van der Waals surface area contributed by atoms with Gasteiger partial charge in [-0.3, -0.25) is 0 Å². The van der Waals surface area contributed by atoms with Gasteiger partial charge < -0.3 is 0 Å². The molecule has 0 aromatic heterocycles. The summed E-state index contributed by atoms with van der Waals surface area (Å²) in [6, 6.07) is 0. The molecule has 0 fully saturated rings. The summed E-state index contributed by atoms with van der Waals surface area (Å²) in [4.78, 5) is 0. The molecule has 0 rings (SSSR count). The summed E-state index contributed by atoms with van der Waals surface area (Å²) in [6.07, 6.45) is 24.0. The van der Waals surface area contributed by atoms with Gasteiger partial charge in [0.2, 0.25) is 0 Å². The molecule has 0 aliphatic carbocycles. The fourth-order valence-electron chi connectivity index (χ4n) is 2.54. The molecule has 0 N–H and O–H groups in total. The van der Waals surface area contributed by atoms with Crippen LogP contribution in [0.3, 0.4) is 0 Å². The van der Waals surface area contributed by atoms with E-state index >= 15 is 0 Å². The van der Waals surface area contributed by atoms with E-state index in [0.717, 1.165) is 0 Å². The van der Waals surface area contributed by atoms with Gasteiger partial charge in [0, 0.05) is 0 Å². The minimum absolute atomic E-state index is 1.32. The molecule has 0 aromatic rings. The highest BCUT2D eigenvalue weighted by Gasteiger charge is 1.93. The molecular weight excluding hydrogens is 216 g/mol. The summed E-state index contributed by atoms with van der Waals surface area (Å²) in [5.74, 6) is 0. The first-order valence-corrected chi connectivity index (χ1v) is 8.69. The van der Waals surface area contributed by atoms with Gasteiger partial charge in [-0.2, -0.15) is 0 Å². The Balaban J connectivity index is 2.86. The quantitative estimate of drug-likeness (QED) is 0.273. The van der Waals surface area contributed by atoms with E-state index in [-0.39, 0.29) is 0 Å². The first-order valence-electron chi connectivity index (χ1n) is 8.69. The Morgan fingerprint density at radius 1 is 0.500 bits per heavy atom. The minimum Gasteiger partial charge on any atom is -0.0654 e. The molecular formula is C18H37. The van der Waals surface area contributed by atoms with Crippen LogP contribution in [0, 0.1) is 6.42 Å². The van der Waals surface area contributed by atoms with Crippen LogP contribution >= 0.6 is 0 Å². The predicted molar refractivity (Wildman–Crippen MR) is 84.9 cm³/mol. The predicted octanol–water partition coefficient (Wildman–Crippen LogP) is 7.08. The number of hydrogen-bond donors (Lipinski definition) is 0. The van der Waals surface area contributed by atoms with Crippen LogP contribution in [0.15, 0.2) is 0 Å². The van der Waals surface area contributed by atoms with Crippen LogP contribution in [0.1, 0.15) is 110 Å². The van der Waals surface area contributed by atoms with E-state index in [1.54, 1.807) is 0 Å². The van der Waals surface area contributed by atoms with Crippen molar-refractivity contribution in [3.63, 3.8) is 0 Å². The molecule has 0 nitrogen and oxygen atoms in total. The molecule has 0 saturated carbocycles. The fraction of sp³-hybridized carbons (Fsp3) is 0.944. The second kappa shape index (κ2) is 17.0. The molecule has 0 bridgehead atoms. The second-order valence-electron chi connectivity index (χ2n) is 5.79. The molecule has 0 atom stereocenters. The standard InChI is InChI=1S/C18H37/c1-3-5-7-9-11-13-15-17-18-16-14-12-10-8-6-4-2/h3H,4-18H2,1-2H3. The Hall–Kier alpha value is 0. The number of unbranched alkanes of at least 4 members (excludes halogenated alkanes) is 15. The average molecular weight is 253 g/mol. The Morgan fingerprint density at radius 2 is 0.833 bits per heavy atom. The zero-order valence-corrected chi connectivity index (χ0v) is 13.2. The van der Waals surface area contributed by atoms with Gasteiger partial charge >= 0.3 is 0 Å². The summed E-state index contributed by atoms with van der Waals surface area (Å²) < 4.78 is 0. The molecule has 0 unspecified atom stereocenters. The maximum Gasteiger partial charge on any atom is -0.0417 e. The molecule has 0 spiro atoms. The molecule has 0 aromatic carbocycles. The van der Waals surface area contributed by atoms with Crippen molar-refractivity contribution in [1.82, 2.24) is 0 Å². The smallest absolute Gasteiger partial charge is 0.0417 e. The Morgan fingerprint density at radius 3 is 1.17 bits per heavy atom. The molecule has 0 amide bonds. The summed E-state index contributed by atoms with van der Waals surface area (Å²) in [6.45, 7) is 4.46. The largest absolute Gasteiger partial charge is 0.0654 e. The topological polar surface area (TPSA) is 0 Å². The third-order valence-electron chi connectivity index (χ3n) is 3.85. The molecule has 1 radical (unpaired) electrons. The van der Waals surface area contributed by atoms with E-state index in [0.29, 0.717) is 0 Å². The van der Waals surface area contributed by atoms with Crippen LogP contribution in [0.2, 0.25) is 0 Å². The normalized spacial score (nSPS) is 11.0. The zero-order chi connectivity index (χ0) is 13.3. The van der Waals surface area contributed by atoms with Crippen LogP contribution in [0.4, 0.5) is 0 Å². The Bertz CT molecular complexity index is 112. The third kappa shape index (κ3) is 16.0. The third-order valence-corrected chi connectivity index (χ3v) is 3.85. The van der Waals surface area contributed by atoms with Gasteiger partial charge in [0.25, 0.3) is 0 Å². The van der Waals surface area contributed by atoms with Crippen LogP contribution in [-0.4, -0.2) is 0 Å². The highest BCUT2D eigenvalue weighted by molar-refractivity contribution is 4.55. The van der Waals surface area contributed by atoms with Crippen LogP contribution in [0.5, 0.6) is 0 Å². The van der Waals surface area contributed by atoms with E-state index in [4.69, 9.17) is 0 Å². The average Bonchev–Trinajstić information content (AvgIpc) is 2.39. The first-order chi connectivity index (χ1) is 8.91. The number of hydrogen-bond acceptors (Lipinski definition) is 0. The minimum atomic E-state index is 1.32. The van der Waals surface area contributed by atoms with Gasteiger partial charge in [-0.25, -0.2) is 0 Å². The summed E-state index contributed by atoms with van der Waals surface area (Å²) >= 11 is 0. The fourth-order valence-corrected chi connectivity index (χ4v) is 2.54. The summed E-state index contributed by atoms with van der Waals surface area (Å²) in [5, 5.41) is 0. The maximum absolute atomic E-state index is 2.29. The lowest BCUT2D eigenvalue weighted by Gasteiger charge is -2.02. The van der Waals surface area contributed by atoms with Crippen LogP contribution in [0.25, 0.3) is 0 Å². The van der Waals surface area contributed by atoms with Gasteiger partial charge in [0.1, 0.15) is 0 Å². The van der Waals surface area contributed by atoms with Crippen molar-refractivity contribution < 1.29 is 0 Å². The Kier molecular flexibility index (Phi) is 17.0. The van der Waals surface area contributed by atoms with E-state index in [2.05, 4.69) is 20.3 Å². The van der Waals surface area contributed by atoms with Gasteiger partial charge in [-0.15, -0.1) is 0 Å². The molecule has 0 aliphatic heterocycles. The molecule has 0 aliphatic rings. The van der Waals surface area contributed by atoms with Gasteiger partial charge in [-0.05, 0) is 6.42 Å². The second-order valence-corrected chi connectivity index (χ2v) is 5.79. The number of rotatable bonds is 15. The van der Waals surface area contributed by atoms with E-state index in [1.807, 2.05) is 0 Å². The zero-order valence-electron chi connectivity index (χ0n) is 13.2. The Labute approximate surface area is 117 Å². The van der Waals surface area contributed by atoms with E-state index in [1.165, 1.54) is 96.3 Å². The molecule has 0 saturated heterocycles. The molecule has 18 heavy (non-hydrogen) atoms. The van der Waals surface area contributed by atoms with Crippen molar-refractivity contribution in [3.05, 3.63) is 6.42 Å². The first kappa shape index (κ1) is 18.0. The van der Waals surface area contributed by atoms with Crippen molar-refractivity contribution in [2.75, 3.05) is 0 Å². The lowest BCUT2D eigenvalue weighted by Crippen LogP contribution is -1.83. The maximum atomic E-state index is 2.29. The van der Waals surface area contributed by atoms with Gasteiger partial charge in [-0.1, -0.05) is 110 Å². The van der Waals surface area contributed by atoms with Crippen molar-refractivity contribution >= 4 is 0 Å². The highest BCUT2D eigenvalue weighted by atomic mass is 14.0. The van der Waals surface area contributed by atoms with E-state index in [9.17, 15) is 0 Å². The van der Waals surface area contributed by atoms with Crippen LogP contribution in [-0.2, 0) is 0 Å². The monoisotopic (exact) mass is 253 g/mol. The molecule has 0 heteroatoms. The lowest BCUT2D eigenvalue weighted by atomic mass is 10.0. The van der Waals surface area contributed by atoms with Gasteiger partial charge in [0.05, 0.1) is 0 Å². The lowest BCUT2D eigenvalue weighted by molar-refractivity contribution is 0.535. The van der Waals surface area contributed by atoms with Crippen molar-refractivity contribution in [3.8, 4) is 0 Å². The van der Waals surface area contributed by atoms with Crippen molar-refractivity contribution in [1.29, 1.82) is 0 Å². The molecule has 109 valence electrons. The SMILES string of the molecule is C[CH]CCCCCCCCCCCCCCCC. The highest BCUT2D eigenvalue weighted by Crippen LogP contribution is 2.13. The van der Waals surface area contributed by atoms with Crippen molar-refractivity contribution in [2.24, 2.45) is 0 Å². The van der Waals surface area contributed by atoms with E-state index < -0.39 is 0 Å². The van der Waals surface area contributed by atoms with Gasteiger partial charge in [0.15, 0.2) is 0 Å². The summed E-state index contributed by atoms with van der Waals surface area (Å²) in [5.41, 5.74) is 0. The van der Waals surface area contributed by atoms with Crippen molar-refractivity contribution in [2.45, 2.75) is 110 Å². The molecule has 0 heterocycles.